The number of pyridine rings is 1. The number of hydrogen-bond acceptors (Lipinski definition) is 9. The normalized spacial score (nSPS) is 18.0. The van der Waals surface area contributed by atoms with Gasteiger partial charge >= 0.3 is 0 Å². The van der Waals surface area contributed by atoms with Crippen molar-refractivity contribution in [2.24, 2.45) is 7.05 Å². The first-order valence-corrected chi connectivity index (χ1v) is 14.7. The van der Waals surface area contributed by atoms with Gasteiger partial charge in [0.05, 0.1) is 24.4 Å². The lowest BCUT2D eigenvalue weighted by atomic mass is 10.1. The molecule has 2 aliphatic heterocycles. The molecule has 1 saturated heterocycles. The van der Waals surface area contributed by atoms with Gasteiger partial charge in [-0.05, 0) is 33.0 Å². The van der Waals surface area contributed by atoms with Crippen LogP contribution in [0.1, 0.15) is 32.0 Å². The molecule has 0 amide bonds. The lowest BCUT2D eigenvalue weighted by Gasteiger charge is -2.32. The van der Waals surface area contributed by atoms with Crippen LogP contribution in [0.15, 0.2) is 43.0 Å². The predicted octanol–water partition coefficient (Wildman–Crippen LogP) is 3.94. The molecule has 5 aromatic rings. The van der Waals surface area contributed by atoms with Gasteiger partial charge in [0.15, 0.2) is 5.82 Å². The van der Waals surface area contributed by atoms with Crippen LogP contribution in [0.3, 0.4) is 0 Å². The van der Waals surface area contributed by atoms with Gasteiger partial charge in [-0.2, -0.15) is 10.2 Å². The third-order valence-electron chi connectivity index (χ3n) is 8.40. The minimum atomic E-state index is 0.0864. The van der Waals surface area contributed by atoms with E-state index in [9.17, 15) is 0 Å². The summed E-state index contributed by atoms with van der Waals surface area (Å²) < 4.78 is 12.5. The number of likely N-dealkylation sites (N-methyl/N-ethyl adjacent to an activating group) is 1. The molecule has 42 heavy (non-hydrogen) atoms. The van der Waals surface area contributed by atoms with Crippen molar-refractivity contribution in [3.63, 3.8) is 0 Å². The minimum Gasteiger partial charge on any atom is -0.477 e. The molecule has 0 aliphatic carbocycles. The van der Waals surface area contributed by atoms with E-state index >= 15 is 0 Å². The molecule has 0 saturated carbocycles. The smallest absolute Gasteiger partial charge is 0.222 e. The Balaban J connectivity index is 1.27. The van der Waals surface area contributed by atoms with Gasteiger partial charge in [-0.25, -0.2) is 19.6 Å². The number of aryl methyl sites for hydroxylation is 2. The summed E-state index contributed by atoms with van der Waals surface area (Å²) in [6.45, 7) is 11.1. The Morgan fingerprint density at radius 2 is 1.90 bits per heavy atom. The summed E-state index contributed by atoms with van der Waals surface area (Å²) in [7, 11) is 4.06. The molecule has 7 rings (SSSR count). The highest BCUT2D eigenvalue weighted by molar-refractivity contribution is 5.94. The third-order valence-corrected chi connectivity index (χ3v) is 8.40. The van der Waals surface area contributed by atoms with Gasteiger partial charge in [-0.15, -0.1) is 0 Å². The van der Waals surface area contributed by atoms with Crippen LogP contribution in [-0.4, -0.2) is 88.7 Å². The van der Waals surface area contributed by atoms with E-state index in [0.717, 1.165) is 73.4 Å². The number of piperazine rings is 1. The Morgan fingerprint density at radius 1 is 1.05 bits per heavy atom. The van der Waals surface area contributed by atoms with Crippen molar-refractivity contribution in [3.05, 3.63) is 48.7 Å². The van der Waals surface area contributed by atoms with E-state index in [4.69, 9.17) is 19.8 Å². The highest BCUT2D eigenvalue weighted by Gasteiger charge is 2.23. The summed E-state index contributed by atoms with van der Waals surface area (Å²) in [5, 5.41) is 14.0. The topological polar surface area (TPSA) is 107 Å². The Kier molecular flexibility index (Phi) is 6.87. The molecule has 0 radical (unpaired) electrons. The molecule has 4 bridgehead atoms. The molecule has 0 spiro atoms. The zero-order valence-corrected chi connectivity index (χ0v) is 24.7. The van der Waals surface area contributed by atoms with E-state index in [0.29, 0.717) is 29.9 Å². The molecular formula is C30H37N11O. The molecule has 0 aromatic carbocycles. The second-order valence-electron chi connectivity index (χ2n) is 11.3. The van der Waals surface area contributed by atoms with Gasteiger partial charge in [0.1, 0.15) is 22.9 Å². The number of nitrogens with zero attached hydrogens (tertiary/aromatic N) is 10. The quantitative estimate of drug-likeness (QED) is 0.346. The fraction of sp³-hybridized carbons (Fsp3) is 0.433. The van der Waals surface area contributed by atoms with Crippen LogP contribution in [0, 0.1) is 0 Å². The SMILES string of the molecule is CCn1cc(-c2nn3c4cc(ncc24)Nc2ccnc(n2)-c2cnn(C)c2OCC[C@@H]3C)cc1CN1CCN(C)CC1. The van der Waals surface area contributed by atoms with Gasteiger partial charge < -0.3 is 19.5 Å². The second kappa shape index (κ2) is 10.8. The number of ether oxygens (including phenoxy) is 1. The highest BCUT2D eigenvalue weighted by atomic mass is 16.5. The summed E-state index contributed by atoms with van der Waals surface area (Å²) >= 11 is 0. The van der Waals surface area contributed by atoms with Crippen LogP contribution in [-0.2, 0) is 20.1 Å². The highest BCUT2D eigenvalue weighted by Crippen LogP contribution is 2.34. The van der Waals surface area contributed by atoms with Crippen molar-refractivity contribution < 1.29 is 4.74 Å². The number of nitrogens with one attached hydrogen (secondary N) is 1. The average Bonchev–Trinajstić information content (AvgIpc) is 3.69. The van der Waals surface area contributed by atoms with Crippen LogP contribution < -0.4 is 10.1 Å². The van der Waals surface area contributed by atoms with Crippen molar-refractivity contribution in [1.82, 2.24) is 48.9 Å². The first-order valence-electron chi connectivity index (χ1n) is 14.7. The van der Waals surface area contributed by atoms with Crippen molar-refractivity contribution in [2.75, 3.05) is 45.2 Å². The van der Waals surface area contributed by atoms with Crippen molar-refractivity contribution in [2.45, 2.75) is 39.4 Å². The maximum atomic E-state index is 6.26. The first-order chi connectivity index (χ1) is 20.5. The van der Waals surface area contributed by atoms with Gasteiger partial charge in [-0.1, -0.05) is 0 Å². The molecular weight excluding hydrogens is 530 g/mol. The molecule has 1 fully saturated rings. The van der Waals surface area contributed by atoms with E-state index in [1.807, 2.05) is 19.3 Å². The van der Waals surface area contributed by atoms with E-state index in [2.05, 4.69) is 73.7 Å². The van der Waals surface area contributed by atoms with Crippen LogP contribution in [0.5, 0.6) is 5.88 Å². The van der Waals surface area contributed by atoms with Crippen LogP contribution >= 0.6 is 0 Å². The fourth-order valence-corrected chi connectivity index (χ4v) is 5.88. The Bertz CT molecular complexity index is 1730. The standard InChI is InChI=1S/C30H37N11O/c1-5-40-18-21(14-22(40)19-39-11-9-37(3)10-12-39)28-23-16-32-27-15-25(23)41(36-28)20(2)7-13-42-30-24(17-33-38(30)4)29-31-8-6-26(34-27)35-29/h6,8,14-18,20H,5,7,9-13,19H2,1-4H3,(H,31,32,34,35)/t20-/m0/s1. The maximum Gasteiger partial charge on any atom is 0.222 e. The molecule has 2 aliphatic rings. The van der Waals surface area contributed by atoms with E-state index in [1.165, 1.54) is 5.69 Å². The third kappa shape index (κ3) is 4.90. The molecule has 1 N–H and O–H groups in total. The predicted molar refractivity (Wildman–Crippen MR) is 162 cm³/mol. The average molecular weight is 568 g/mol. The summed E-state index contributed by atoms with van der Waals surface area (Å²) in [5.41, 5.74) is 5.16. The van der Waals surface area contributed by atoms with Crippen LogP contribution in [0.2, 0.25) is 0 Å². The fourth-order valence-electron chi connectivity index (χ4n) is 5.88. The number of hydrogen-bond donors (Lipinski definition) is 1. The van der Waals surface area contributed by atoms with Gasteiger partial charge in [0.25, 0.3) is 0 Å². The van der Waals surface area contributed by atoms with Crippen LogP contribution in [0.25, 0.3) is 33.5 Å². The largest absolute Gasteiger partial charge is 0.477 e. The maximum absolute atomic E-state index is 6.26. The summed E-state index contributed by atoms with van der Waals surface area (Å²) in [5.74, 6) is 2.54. The zero-order valence-electron chi connectivity index (χ0n) is 24.7. The number of rotatable bonds is 4. The Morgan fingerprint density at radius 3 is 2.74 bits per heavy atom. The van der Waals surface area contributed by atoms with Crippen molar-refractivity contribution >= 4 is 22.5 Å². The molecule has 5 aromatic heterocycles. The minimum absolute atomic E-state index is 0.0864. The summed E-state index contributed by atoms with van der Waals surface area (Å²) in [6.07, 6.45) is 8.40. The van der Waals surface area contributed by atoms with Gasteiger partial charge in [0.2, 0.25) is 5.88 Å². The van der Waals surface area contributed by atoms with Crippen LogP contribution in [0.4, 0.5) is 11.6 Å². The second-order valence-corrected chi connectivity index (χ2v) is 11.3. The van der Waals surface area contributed by atoms with Gasteiger partial charge in [0, 0.05) is 94.0 Å². The van der Waals surface area contributed by atoms with E-state index < -0.39 is 0 Å². The molecule has 7 heterocycles. The van der Waals surface area contributed by atoms with Crippen molar-refractivity contribution in [1.29, 1.82) is 0 Å². The first kappa shape index (κ1) is 26.6. The molecule has 12 heteroatoms. The number of aromatic nitrogens is 8. The monoisotopic (exact) mass is 567 g/mol. The summed E-state index contributed by atoms with van der Waals surface area (Å²) in [6, 6.07) is 6.29. The number of fused-ring (bicyclic) bond motifs is 5. The summed E-state index contributed by atoms with van der Waals surface area (Å²) in [4.78, 5) is 18.9. The zero-order chi connectivity index (χ0) is 28.8. The lowest BCUT2D eigenvalue weighted by Crippen LogP contribution is -2.44. The van der Waals surface area contributed by atoms with E-state index in [1.54, 1.807) is 17.1 Å². The van der Waals surface area contributed by atoms with E-state index in [-0.39, 0.29) is 6.04 Å². The number of anilines is 2. The Hall–Kier alpha value is -4.29. The molecule has 12 nitrogen and oxygen atoms in total. The molecule has 218 valence electrons. The molecule has 1 atom stereocenters. The molecule has 0 unspecified atom stereocenters. The lowest BCUT2D eigenvalue weighted by molar-refractivity contribution is 0.145. The van der Waals surface area contributed by atoms with Gasteiger partial charge in [-0.3, -0.25) is 9.58 Å². The Labute approximate surface area is 244 Å². The van der Waals surface area contributed by atoms with Crippen molar-refractivity contribution in [3.8, 4) is 28.5 Å².